The van der Waals surface area contributed by atoms with Gasteiger partial charge in [-0.15, -0.1) is 11.6 Å². The summed E-state index contributed by atoms with van der Waals surface area (Å²) in [6, 6.07) is 0. The average molecular weight is 276 g/mol. The van der Waals surface area contributed by atoms with Crippen LogP contribution >= 0.6 is 19.2 Å². The van der Waals surface area contributed by atoms with Crippen LogP contribution in [0, 0.1) is 0 Å². The van der Waals surface area contributed by atoms with E-state index in [1.165, 1.54) is 0 Å². The van der Waals surface area contributed by atoms with Crippen LogP contribution in [0.5, 0.6) is 0 Å². The molecule has 9 heteroatoms. The molecule has 0 amide bonds. The molecule has 0 bridgehead atoms. The smallest absolute Gasteiger partial charge is 0.339 e. The molecule has 0 saturated carbocycles. The first-order valence-electron chi connectivity index (χ1n) is 4.50. The fourth-order valence-electron chi connectivity index (χ4n) is 0.726. The van der Waals surface area contributed by atoms with Gasteiger partial charge in [0.05, 0.1) is 26.0 Å². The molecular formula is C7H15ClNO6P. The van der Waals surface area contributed by atoms with Crippen molar-refractivity contribution in [2.75, 3.05) is 38.5 Å². The Morgan fingerprint density at radius 2 is 2.00 bits per heavy atom. The Balaban J connectivity index is 3.35. The molecule has 0 unspecified atom stereocenters. The van der Waals surface area contributed by atoms with Gasteiger partial charge in [-0.1, -0.05) is 0 Å². The van der Waals surface area contributed by atoms with Crippen molar-refractivity contribution in [1.29, 1.82) is 0 Å². The summed E-state index contributed by atoms with van der Waals surface area (Å²) < 4.78 is 20.0. The second-order valence-electron chi connectivity index (χ2n) is 2.77. The molecule has 0 saturated heterocycles. The van der Waals surface area contributed by atoms with E-state index in [0.29, 0.717) is 12.5 Å². The van der Waals surface area contributed by atoms with E-state index < -0.39 is 19.9 Å². The summed E-state index contributed by atoms with van der Waals surface area (Å²) >= 11 is 5.34. The number of alkyl halides is 1. The molecule has 3 N–H and O–H groups in total. The highest BCUT2D eigenvalue weighted by atomic mass is 35.5. The van der Waals surface area contributed by atoms with Crippen LogP contribution in [0.1, 0.15) is 0 Å². The molecule has 0 heterocycles. The quantitative estimate of drug-likeness (QED) is 0.226. The zero-order valence-electron chi connectivity index (χ0n) is 8.60. The number of hydrogen-bond acceptors (Lipinski definition) is 5. The molecular weight excluding hydrogens is 261 g/mol. The maximum absolute atomic E-state index is 10.9. The molecule has 0 fully saturated rings. The summed E-state index contributed by atoms with van der Waals surface area (Å²) in [6.07, 6.45) is -0.551. The number of halogens is 1. The van der Waals surface area contributed by atoms with Crippen LogP contribution in [0.25, 0.3) is 0 Å². The molecule has 96 valence electrons. The maximum Gasteiger partial charge on any atom is 0.339 e. The van der Waals surface area contributed by atoms with Gasteiger partial charge < -0.3 is 19.3 Å². The minimum absolute atomic E-state index is 0.0906. The third kappa shape index (κ3) is 11.9. The van der Waals surface area contributed by atoms with Crippen LogP contribution < -0.4 is 5.32 Å². The van der Waals surface area contributed by atoms with Crippen LogP contribution in [-0.2, 0) is 18.8 Å². The number of carbonyl (C=O) groups excluding carboxylic acids is 1. The number of esters is 1. The predicted molar refractivity (Wildman–Crippen MR) is 57.4 cm³/mol. The highest BCUT2D eigenvalue weighted by Gasteiger charge is 2.12. The fraction of sp³-hybridized carbons (Fsp3) is 0.857. The Labute approximate surface area is 98.2 Å². The first-order valence-corrected chi connectivity index (χ1v) is 6.83. The van der Waals surface area contributed by atoms with Crippen molar-refractivity contribution in [2.24, 2.45) is 0 Å². The van der Waals surface area contributed by atoms with Gasteiger partial charge >= 0.3 is 13.6 Å². The molecule has 0 aliphatic rings. The summed E-state index contributed by atoms with van der Waals surface area (Å²) in [4.78, 5) is 27.9. The number of rotatable bonds is 9. The molecule has 0 aliphatic heterocycles. The Hall–Kier alpha value is -0.170. The van der Waals surface area contributed by atoms with Gasteiger partial charge in [0.15, 0.2) is 0 Å². The second-order valence-corrected chi connectivity index (χ2v) is 4.79. The van der Waals surface area contributed by atoms with Crippen molar-refractivity contribution in [3.05, 3.63) is 0 Å². The molecule has 0 aliphatic carbocycles. The van der Waals surface area contributed by atoms with Gasteiger partial charge in [-0.3, -0.25) is 14.7 Å². The molecule has 0 atom stereocenters. The zero-order chi connectivity index (χ0) is 12.4. The van der Waals surface area contributed by atoms with Crippen molar-refractivity contribution in [1.82, 2.24) is 5.32 Å². The zero-order valence-corrected chi connectivity index (χ0v) is 10.2. The van der Waals surface area contributed by atoms with Crippen LogP contribution in [0.15, 0.2) is 0 Å². The Morgan fingerprint density at radius 1 is 1.31 bits per heavy atom. The standard InChI is InChI=1S/C7H15ClNO6P/c8-1-2-14-3-4-15-7(10)5-9-6-16(11,12)13/h9H,1-6H2,(H2,11,12,13). The van der Waals surface area contributed by atoms with Crippen LogP contribution in [0.2, 0.25) is 0 Å². The van der Waals surface area contributed by atoms with E-state index >= 15 is 0 Å². The number of carbonyl (C=O) groups is 1. The summed E-state index contributed by atoms with van der Waals surface area (Å²) in [6.45, 7) is 0.473. The van der Waals surface area contributed by atoms with Crippen molar-refractivity contribution < 1.29 is 28.6 Å². The van der Waals surface area contributed by atoms with E-state index in [2.05, 4.69) is 10.1 Å². The first kappa shape index (κ1) is 15.8. The molecule has 0 aromatic rings. The average Bonchev–Trinajstić information content (AvgIpc) is 2.15. The fourth-order valence-corrected chi connectivity index (χ4v) is 1.24. The third-order valence-corrected chi connectivity index (χ3v) is 2.09. The van der Waals surface area contributed by atoms with Crippen molar-refractivity contribution in [2.45, 2.75) is 0 Å². The summed E-state index contributed by atoms with van der Waals surface area (Å²) in [5.41, 5.74) is 0. The molecule has 16 heavy (non-hydrogen) atoms. The molecule has 7 nitrogen and oxygen atoms in total. The number of nitrogens with one attached hydrogen (secondary N) is 1. The highest BCUT2D eigenvalue weighted by molar-refractivity contribution is 7.51. The number of hydrogen-bond donors (Lipinski definition) is 3. The molecule has 0 rings (SSSR count). The van der Waals surface area contributed by atoms with Gasteiger partial charge in [-0.25, -0.2) is 0 Å². The number of ether oxygens (including phenoxy) is 2. The van der Waals surface area contributed by atoms with Gasteiger partial charge in [0.1, 0.15) is 6.61 Å². The van der Waals surface area contributed by atoms with Gasteiger partial charge in [0.2, 0.25) is 0 Å². The Bertz CT molecular complexity index is 245. The lowest BCUT2D eigenvalue weighted by atomic mass is 10.6. The third-order valence-electron chi connectivity index (χ3n) is 1.30. The van der Waals surface area contributed by atoms with Gasteiger partial charge in [0.25, 0.3) is 0 Å². The maximum atomic E-state index is 10.9. The normalized spacial score (nSPS) is 11.4. The minimum Gasteiger partial charge on any atom is -0.462 e. The monoisotopic (exact) mass is 275 g/mol. The summed E-state index contributed by atoms with van der Waals surface area (Å²) in [5.74, 6) is -0.222. The Morgan fingerprint density at radius 3 is 2.56 bits per heavy atom. The SMILES string of the molecule is O=C(CNCP(=O)(O)O)OCCOCCCl. The van der Waals surface area contributed by atoms with Crippen LogP contribution in [-0.4, -0.2) is 54.3 Å². The first-order chi connectivity index (χ1) is 7.45. The van der Waals surface area contributed by atoms with Gasteiger partial charge in [-0.05, 0) is 0 Å². The summed E-state index contributed by atoms with van der Waals surface area (Å²) in [7, 11) is -4.12. The molecule has 0 spiro atoms. The summed E-state index contributed by atoms with van der Waals surface area (Å²) in [5, 5.41) is 2.28. The topological polar surface area (TPSA) is 105 Å². The molecule has 0 radical (unpaired) electrons. The predicted octanol–water partition coefficient (Wildman–Crippen LogP) is -0.490. The lowest BCUT2D eigenvalue weighted by Crippen LogP contribution is -2.26. The van der Waals surface area contributed by atoms with Crippen LogP contribution in [0.4, 0.5) is 0 Å². The van der Waals surface area contributed by atoms with Gasteiger partial charge in [-0.2, -0.15) is 0 Å². The van der Waals surface area contributed by atoms with E-state index in [1.807, 2.05) is 0 Å². The van der Waals surface area contributed by atoms with E-state index in [9.17, 15) is 9.36 Å². The van der Waals surface area contributed by atoms with Gasteiger partial charge in [0, 0.05) is 5.88 Å². The lowest BCUT2D eigenvalue weighted by Gasteiger charge is -2.07. The molecule has 0 aromatic carbocycles. The van der Waals surface area contributed by atoms with Crippen molar-refractivity contribution in [3.8, 4) is 0 Å². The second kappa shape index (κ2) is 8.92. The highest BCUT2D eigenvalue weighted by Crippen LogP contribution is 2.31. The van der Waals surface area contributed by atoms with Crippen molar-refractivity contribution in [3.63, 3.8) is 0 Å². The lowest BCUT2D eigenvalue weighted by molar-refractivity contribution is -0.143. The van der Waals surface area contributed by atoms with E-state index in [-0.39, 0.29) is 19.8 Å². The van der Waals surface area contributed by atoms with E-state index in [4.69, 9.17) is 26.1 Å². The van der Waals surface area contributed by atoms with E-state index in [0.717, 1.165) is 0 Å². The molecule has 0 aromatic heterocycles. The van der Waals surface area contributed by atoms with E-state index in [1.54, 1.807) is 0 Å². The minimum atomic E-state index is -4.12. The largest absolute Gasteiger partial charge is 0.462 e. The van der Waals surface area contributed by atoms with Crippen molar-refractivity contribution >= 4 is 25.2 Å². The Kier molecular flexibility index (Phi) is 8.83. The van der Waals surface area contributed by atoms with Crippen LogP contribution in [0.3, 0.4) is 0 Å².